The summed E-state index contributed by atoms with van der Waals surface area (Å²) in [5.74, 6) is 0.906. The quantitative estimate of drug-likeness (QED) is 0.389. The number of benzene rings is 2. The minimum Gasteiger partial charge on any atom is -0.372 e. The fourth-order valence-corrected chi connectivity index (χ4v) is 3.40. The van der Waals surface area contributed by atoms with Gasteiger partial charge >= 0.3 is 0 Å². The third-order valence-corrected chi connectivity index (χ3v) is 5.07. The molecule has 0 unspecified atom stereocenters. The largest absolute Gasteiger partial charge is 0.372 e. The van der Waals surface area contributed by atoms with Crippen LogP contribution in [-0.4, -0.2) is 27.6 Å². The number of anilines is 1. The summed E-state index contributed by atoms with van der Waals surface area (Å²) in [4.78, 5) is 11.2. The van der Waals surface area contributed by atoms with Crippen molar-refractivity contribution in [1.82, 2.24) is 14.5 Å². The molecule has 0 aliphatic rings. The predicted octanol–water partition coefficient (Wildman–Crippen LogP) is 5.90. The number of nitrogens with zero attached hydrogens (tertiary/aromatic N) is 6. The first-order valence-electron chi connectivity index (χ1n) is 9.83. The highest BCUT2D eigenvalue weighted by Crippen LogP contribution is 2.26. The standard InChI is InChI=1S/C23H24N6/c1-4-29(5-2)20-12-10-19(11-13-20)27-26-18-8-6-17(7-9-18)23-25-21-14-15-24-16-22(21)28(23)3/h6-16H,4-5H2,1-3H3. The smallest absolute Gasteiger partial charge is 0.140 e. The van der Waals surface area contributed by atoms with Gasteiger partial charge in [-0.05, 0) is 68.4 Å². The van der Waals surface area contributed by atoms with E-state index in [2.05, 4.69) is 50.7 Å². The number of azo groups is 1. The fraction of sp³-hybridized carbons (Fsp3) is 0.217. The van der Waals surface area contributed by atoms with Gasteiger partial charge in [-0.25, -0.2) is 4.98 Å². The van der Waals surface area contributed by atoms with Crippen molar-refractivity contribution >= 4 is 28.1 Å². The van der Waals surface area contributed by atoms with Crippen LogP contribution in [0.2, 0.25) is 0 Å². The normalized spacial score (nSPS) is 11.4. The minimum absolute atomic E-state index is 0.807. The average molecular weight is 384 g/mol. The van der Waals surface area contributed by atoms with Crippen molar-refractivity contribution in [3.63, 3.8) is 0 Å². The number of rotatable bonds is 6. The molecule has 0 spiro atoms. The summed E-state index contributed by atoms with van der Waals surface area (Å²) >= 11 is 0. The van der Waals surface area contributed by atoms with E-state index in [4.69, 9.17) is 4.98 Å². The number of aromatic nitrogens is 3. The molecule has 4 aromatic rings. The van der Waals surface area contributed by atoms with E-state index in [-0.39, 0.29) is 0 Å². The van der Waals surface area contributed by atoms with E-state index < -0.39 is 0 Å². The predicted molar refractivity (Wildman–Crippen MR) is 118 cm³/mol. The van der Waals surface area contributed by atoms with Gasteiger partial charge in [0.2, 0.25) is 0 Å². The van der Waals surface area contributed by atoms with E-state index in [9.17, 15) is 0 Å². The van der Waals surface area contributed by atoms with E-state index in [1.54, 1.807) is 6.20 Å². The molecule has 0 fully saturated rings. The minimum atomic E-state index is 0.807. The second kappa shape index (κ2) is 8.22. The van der Waals surface area contributed by atoms with E-state index in [1.807, 2.05) is 55.7 Å². The van der Waals surface area contributed by atoms with Crippen LogP contribution in [0.5, 0.6) is 0 Å². The summed E-state index contributed by atoms with van der Waals surface area (Å²) < 4.78 is 2.05. The van der Waals surface area contributed by atoms with Crippen LogP contribution in [0.25, 0.3) is 22.4 Å². The van der Waals surface area contributed by atoms with Crippen molar-refractivity contribution in [2.75, 3.05) is 18.0 Å². The van der Waals surface area contributed by atoms with Gasteiger partial charge in [-0.2, -0.15) is 10.2 Å². The zero-order chi connectivity index (χ0) is 20.2. The Morgan fingerprint density at radius 2 is 1.48 bits per heavy atom. The van der Waals surface area contributed by atoms with Gasteiger partial charge in [-0.1, -0.05) is 0 Å². The molecule has 0 N–H and O–H groups in total. The van der Waals surface area contributed by atoms with E-state index >= 15 is 0 Å². The maximum Gasteiger partial charge on any atom is 0.140 e. The number of hydrogen-bond acceptors (Lipinski definition) is 5. The van der Waals surface area contributed by atoms with Gasteiger partial charge in [-0.3, -0.25) is 4.98 Å². The first-order chi connectivity index (χ1) is 14.2. The highest BCUT2D eigenvalue weighted by atomic mass is 15.1. The van der Waals surface area contributed by atoms with Crippen molar-refractivity contribution in [3.05, 3.63) is 67.0 Å². The van der Waals surface area contributed by atoms with Crippen LogP contribution in [-0.2, 0) is 7.05 Å². The molecular weight excluding hydrogens is 360 g/mol. The molecular formula is C23H24N6. The Morgan fingerprint density at radius 3 is 2.07 bits per heavy atom. The second-order valence-electron chi connectivity index (χ2n) is 6.79. The Kier molecular flexibility index (Phi) is 5.33. The number of imidazole rings is 1. The summed E-state index contributed by atoms with van der Waals surface area (Å²) in [5, 5.41) is 8.73. The highest BCUT2D eigenvalue weighted by Gasteiger charge is 2.09. The zero-order valence-corrected chi connectivity index (χ0v) is 16.9. The van der Waals surface area contributed by atoms with Crippen LogP contribution in [0.3, 0.4) is 0 Å². The highest BCUT2D eigenvalue weighted by molar-refractivity contribution is 5.79. The molecule has 0 bridgehead atoms. The molecule has 2 aromatic heterocycles. The zero-order valence-electron chi connectivity index (χ0n) is 16.9. The van der Waals surface area contributed by atoms with Crippen molar-refractivity contribution in [3.8, 4) is 11.4 Å². The molecule has 6 heteroatoms. The Bertz CT molecular complexity index is 1120. The van der Waals surface area contributed by atoms with Crippen molar-refractivity contribution in [1.29, 1.82) is 0 Å². The maximum atomic E-state index is 4.71. The topological polar surface area (TPSA) is 58.7 Å². The molecule has 0 saturated carbocycles. The van der Waals surface area contributed by atoms with Crippen molar-refractivity contribution in [2.45, 2.75) is 13.8 Å². The van der Waals surface area contributed by atoms with E-state index in [0.29, 0.717) is 0 Å². The lowest BCUT2D eigenvalue weighted by Gasteiger charge is -2.20. The van der Waals surface area contributed by atoms with Gasteiger partial charge < -0.3 is 9.47 Å². The second-order valence-corrected chi connectivity index (χ2v) is 6.79. The fourth-order valence-electron chi connectivity index (χ4n) is 3.40. The Morgan fingerprint density at radius 1 is 0.862 bits per heavy atom. The molecule has 0 aliphatic heterocycles. The number of fused-ring (bicyclic) bond motifs is 1. The summed E-state index contributed by atoms with van der Waals surface area (Å²) in [6, 6.07) is 18.1. The van der Waals surface area contributed by atoms with Crippen LogP contribution in [0.4, 0.5) is 17.1 Å². The average Bonchev–Trinajstić information content (AvgIpc) is 3.11. The Labute approximate surface area is 170 Å². The molecule has 2 heterocycles. The lowest BCUT2D eigenvalue weighted by atomic mass is 10.2. The molecule has 0 saturated heterocycles. The first kappa shape index (κ1) is 18.8. The van der Waals surface area contributed by atoms with Crippen LogP contribution in [0.15, 0.2) is 77.2 Å². The van der Waals surface area contributed by atoms with E-state index in [0.717, 1.165) is 46.9 Å². The maximum absolute atomic E-state index is 4.71. The summed E-state index contributed by atoms with van der Waals surface area (Å²) in [6.07, 6.45) is 3.59. The monoisotopic (exact) mass is 384 g/mol. The first-order valence-corrected chi connectivity index (χ1v) is 9.83. The van der Waals surface area contributed by atoms with Crippen LogP contribution >= 0.6 is 0 Å². The van der Waals surface area contributed by atoms with Gasteiger partial charge in [0.1, 0.15) is 5.82 Å². The van der Waals surface area contributed by atoms with Gasteiger partial charge in [0.25, 0.3) is 0 Å². The molecule has 0 radical (unpaired) electrons. The van der Waals surface area contributed by atoms with Gasteiger partial charge in [0.15, 0.2) is 0 Å². The van der Waals surface area contributed by atoms with Crippen LogP contribution in [0, 0.1) is 0 Å². The molecule has 0 amide bonds. The van der Waals surface area contributed by atoms with Crippen LogP contribution < -0.4 is 4.90 Å². The van der Waals surface area contributed by atoms with Gasteiger partial charge in [0.05, 0.1) is 28.6 Å². The van der Waals surface area contributed by atoms with E-state index in [1.165, 1.54) is 5.69 Å². The molecule has 4 rings (SSSR count). The third kappa shape index (κ3) is 3.87. The summed E-state index contributed by atoms with van der Waals surface area (Å²) in [5.41, 5.74) is 5.84. The Hall–Kier alpha value is -3.54. The van der Waals surface area contributed by atoms with Crippen molar-refractivity contribution < 1.29 is 0 Å². The molecule has 6 nitrogen and oxygen atoms in total. The summed E-state index contributed by atoms with van der Waals surface area (Å²) in [6.45, 7) is 6.30. The third-order valence-electron chi connectivity index (χ3n) is 5.07. The van der Waals surface area contributed by atoms with Crippen LogP contribution in [0.1, 0.15) is 13.8 Å². The lowest BCUT2D eigenvalue weighted by molar-refractivity contribution is 0.866. The molecule has 0 atom stereocenters. The van der Waals surface area contributed by atoms with Gasteiger partial charge in [-0.15, -0.1) is 0 Å². The molecule has 2 aromatic carbocycles. The molecule has 0 aliphatic carbocycles. The number of hydrogen-bond donors (Lipinski definition) is 0. The number of aryl methyl sites for hydroxylation is 1. The SMILES string of the molecule is CCN(CC)c1ccc(N=Nc2ccc(-c3nc4ccncc4n3C)cc2)cc1. The Balaban J connectivity index is 1.51. The molecule has 146 valence electrons. The molecule has 29 heavy (non-hydrogen) atoms. The summed E-state index contributed by atoms with van der Waals surface area (Å²) in [7, 11) is 2.00. The van der Waals surface area contributed by atoms with Crippen molar-refractivity contribution in [2.24, 2.45) is 17.3 Å². The number of pyridine rings is 1. The lowest BCUT2D eigenvalue weighted by Crippen LogP contribution is -2.21. The van der Waals surface area contributed by atoms with Gasteiger partial charge in [0, 0.05) is 37.6 Å².